The fourth-order valence-corrected chi connectivity index (χ4v) is 3.76. The van der Waals surface area contributed by atoms with Crippen LogP contribution in [0.4, 0.5) is 4.39 Å². The summed E-state index contributed by atoms with van der Waals surface area (Å²) >= 11 is 12.0. The molecule has 0 spiro atoms. The van der Waals surface area contributed by atoms with Crippen molar-refractivity contribution in [1.82, 2.24) is 10.3 Å². The molecule has 0 radical (unpaired) electrons. The van der Waals surface area contributed by atoms with E-state index in [0.29, 0.717) is 15.6 Å². The lowest BCUT2D eigenvalue weighted by molar-refractivity contribution is -0.147. The van der Waals surface area contributed by atoms with E-state index < -0.39 is 23.7 Å². The normalized spacial score (nSPS) is 11.8. The zero-order valence-electron chi connectivity index (χ0n) is 17.3. The number of H-pyrrole nitrogens is 1. The smallest absolute Gasteiger partial charge is 0.329 e. The van der Waals surface area contributed by atoms with Crippen LogP contribution in [0.25, 0.3) is 10.9 Å². The minimum atomic E-state index is -0.968. The van der Waals surface area contributed by atoms with E-state index in [1.165, 1.54) is 24.3 Å². The Morgan fingerprint density at radius 2 is 1.76 bits per heavy atom. The van der Waals surface area contributed by atoms with Crippen molar-refractivity contribution in [3.63, 3.8) is 0 Å². The molecule has 168 valence electrons. The van der Waals surface area contributed by atoms with Gasteiger partial charge in [-0.05, 0) is 53.6 Å². The van der Waals surface area contributed by atoms with E-state index in [2.05, 4.69) is 10.3 Å². The molecular formula is C25H19Cl2FN2O3. The summed E-state index contributed by atoms with van der Waals surface area (Å²) in [7, 11) is 0. The van der Waals surface area contributed by atoms with Crippen molar-refractivity contribution in [3.05, 3.63) is 105 Å². The van der Waals surface area contributed by atoms with Crippen LogP contribution in [0.3, 0.4) is 0 Å². The average Bonchev–Trinajstić information content (AvgIpc) is 3.22. The predicted octanol–water partition coefficient (Wildman–Crippen LogP) is 5.70. The number of carbonyl (C=O) groups excluding carboxylic acids is 2. The molecule has 33 heavy (non-hydrogen) atoms. The summed E-state index contributed by atoms with van der Waals surface area (Å²) in [6, 6.07) is 16.7. The van der Waals surface area contributed by atoms with Gasteiger partial charge in [0.2, 0.25) is 0 Å². The van der Waals surface area contributed by atoms with Gasteiger partial charge >= 0.3 is 5.97 Å². The van der Waals surface area contributed by atoms with Crippen LogP contribution in [0.15, 0.2) is 72.9 Å². The summed E-state index contributed by atoms with van der Waals surface area (Å²) in [5.41, 5.74) is 2.66. The number of nitrogens with one attached hydrogen (secondary N) is 2. The predicted molar refractivity (Wildman–Crippen MR) is 126 cm³/mol. The molecule has 1 atom stereocenters. The molecular weight excluding hydrogens is 466 g/mol. The van der Waals surface area contributed by atoms with E-state index in [4.69, 9.17) is 27.9 Å². The van der Waals surface area contributed by atoms with Gasteiger partial charge in [0.05, 0.1) is 10.0 Å². The lowest BCUT2D eigenvalue weighted by Gasteiger charge is -2.18. The summed E-state index contributed by atoms with van der Waals surface area (Å²) in [5, 5.41) is 4.41. The van der Waals surface area contributed by atoms with Gasteiger partial charge in [-0.1, -0.05) is 47.5 Å². The molecule has 8 heteroatoms. The van der Waals surface area contributed by atoms with E-state index in [0.717, 1.165) is 16.5 Å². The zero-order valence-corrected chi connectivity index (χ0v) is 18.8. The molecule has 0 aliphatic carbocycles. The summed E-state index contributed by atoms with van der Waals surface area (Å²) in [6.45, 7) is -0.0352. The van der Waals surface area contributed by atoms with Crippen molar-refractivity contribution in [2.75, 3.05) is 0 Å². The van der Waals surface area contributed by atoms with Crippen LogP contribution in [-0.2, 0) is 22.6 Å². The van der Waals surface area contributed by atoms with Crippen LogP contribution >= 0.6 is 23.2 Å². The number of esters is 1. The topological polar surface area (TPSA) is 71.2 Å². The molecule has 0 saturated carbocycles. The first-order valence-electron chi connectivity index (χ1n) is 10.1. The fourth-order valence-electron chi connectivity index (χ4n) is 3.44. The number of para-hydroxylation sites is 1. The Morgan fingerprint density at radius 1 is 1.00 bits per heavy atom. The van der Waals surface area contributed by atoms with Gasteiger partial charge in [-0.3, -0.25) is 4.79 Å². The molecule has 0 bridgehead atoms. The first-order valence-corrected chi connectivity index (χ1v) is 10.9. The average molecular weight is 485 g/mol. The Bertz CT molecular complexity index is 1300. The van der Waals surface area contributed by atoms with E-state index in [-0.39, 0.29) is 18.6 Å². The lowest BCUT2D eigenvalue weighted by Crippen LogP contribution is -2.43. The fraction of sp³-hybridized carbons (Fsp3) is 0.120. The molecule has 3 aromatic carbocycles. The van der Waals surface area contributed by atoms with Crippen molar-refractivity contribution in [1.29, 1.82) is 0 Å². The second-order valence-electron chi connectivity index (χ2n) is 7.45. The highest BCUT2D eigenvalue weighted by molar-refractivity contribution is 6.42. The van der Waals surface area contributed by atoms with Crippen LogP contribution in [0.5, 0.6) is 0 Å². The molecule has 1 aromatic heterocycles. The number of ether oxygens (including phenoxy) is 1. The lowest BCUT2D eigenvalue weighted by atomic mass is 10.0. The Labute approximate surface area is 199 Å². The van der Waals surface area contributed by atoms with Crippen LogP contribution in [0, 0.1) is 5.82 Å². The van der Waals surface area contributed by atoms with Crippen molar-refractivity contribution in [3.8, 4) is 0 Å². The van der Waals surface area contributed by atoms with Gasteiger partial charge in [0.1, 0.15) is 18.5 Å². The maximum absolute atomic E-state index is 13.2. The van der Waals surface area contributed by atoms with E-state index in [9.17, 15) is 14.0 Å². The molecule has 0 saturated heterocycles. The van der Waals surface area contributed by atoms with Crippen molar-refractivity contribution < 1.29 is 18.7 Å². The number of amides is 1. The summed E-state index contributed by atoms with van der Waals surface area (Å²) in [6.07, 6.45) is 2.01. The SMILES string of the molecule is O=C(NC(Cc1c[nH]c2ccccc12)C(=O)OCc1ccc(Cl)c(Cl)c1)c1ccc(F)cc1. The number of aromatic nitrogens is 1. The van der Waals surface area contributed by atoms with Crippen molar-refractivity contribution in [2.45, 2.75) is 19.1 Å². The quantitative estimate of drug-likeness (QED) is 0.330. The van der Waals surface area contributed by atoms with Crippen molar-refractivity contribution >= 4 is 46.0 Å². The molecule has 0 fully saturated rings. The number of hydrogen-bond donors (Lipinski definition) is 2. The van der Waals surface area contributed by atoms with Gasteiger partial charge in [-0.25, -0.2) is 9.18 Å². The second kappa shape index (κ2) is 10.1. The van der Waals surface area contributed by atoms with Crippen molar-refractivity contribution in [2.24, 2.45) is 0 Å². The van der Waals surface area contributed by atoms with Crippen LogP contribution in [-0.4, -0.2) is 22.9 Å². The molecule has 0 aliphatic rings. The maximum atomic E-state index is 13.2. The largest absolute Gasteiger partial charge is 0.459 e. The summed E-state index contributed by atoms with van der Waals surface area (Å²) < 4.78 is 18.7. The van der Waals surface area contributed by atoms with E-state index in [1.54, 1.807) is 24.4 Å². The molecule has 1 unspecified atom stereocenters. The minimum Gasteiger partial charge on any atom is -0.459 e. The summed E-state index contributed by atoms with van der Waals surface area (Å²) in [4.78, 5) is 28.9. The Balaban J connectivity index is 1.54. The molecule has 4 aromatic rings. The number of fused-ring (bicyclic) bond motifs is 1. The number of aromatic amines is 1. The number of rotatable bonds is 7. The third kappa shape index (κ3) is 5.53. The Hall–Kier alpha value is -3.35. The van der Waals surface area contributed by atoms with Gasteiger partial charge in [0.25, 0.3) is 5.91 Å². The number of carbonyl (C=O) groups is 2. The number of halogens is 3. The number of benzene rings is 3. The highest BCUT2D eigenvalue weighted by Gasteiger charge is 2.25. The number of hydrogen-bond acceptors (Lipinski definition) is 3. The van der Waals surface area contributed by atoms with Gasteiger partial charge in [0.15, 0.2) is 0 Å². The molecule has 2 N–H and O–H groups in total. The zero-order chi connectivity index (χ0) is 23.4. The standard InChI is InChI=1S/C25H19Cl2FN2O3/c26-20-10-5-15(11-21(20)27)14-33-25(32)23(30-24(31)16-6-8-18(28)9-7-16)12-17-13-29-22-4-2-1-3-19(17)22/h1-11,13,23,29H,12,14H2,(H,30,31). The molecule has 5 nitrogen and oxygen atoms in total. The summed E-state index contributed by atoms with van der Waals surface area (Å²) in [5.74, 6) is -1.57. The highest BCUT2D eigenvalue weighted by atomic mass is 35.5. The first kappa shape index (κ1) is 22.8. The Morgan fingerprint density at radius 3 is 2.52 bits per heavy atom. The highest BCUT2D eigenvalue weighted by Crippen LogP contribution is 2.23. The van der Waals surface area contributed by atoms with Crippen LogP contribution < -0.4 is 5.32 Å². The first-order chi connectivity index (χ1) is 15.9. The Kier molecular flexibility index (Phi) is 6.96. The van der Waals surface area contributed by atoms with Gasteiger partial charge in [-0.15, -0.1) is 0 Å². The monoisotopic (exact) mass is 484 g/mol. The third-order valence-electron chi connectivity index (χ3n) is 5.16. The van der Waals surface area contributed by atoms with Gasteiger partial charge < -0.3 is 15.0 Å². The molecule has 1 heterocycles. The van der Waals surface area contributed by atoms with E-state index >= 15 is 0 Å². The van der Waals surface area contributed by atoms with Gasteiger partial charge in [0, 0.05) is 29.1 Å². The third-order valence-corrected chi connectivity index (χ3v) is 5.90. The van der Waals surface area contributed by atoms with E-state index in [1.807, 2.05) is 24.3 Å². The van der Waals surface area contributed by atoms with Crippen LogP contribution in [0.2, 0.25) is 10.0 Å². The molecule has 4 rings (SSSR count). The van der Waals surface area contributed by atoms with Gasteiger partial charge in [-0.2, -0.15) is 0 Å². The minimum absolute atomic E-state index is 0.0352. The molecule has 1 amide bonds. The maximum Gasteiger partial charge on any atom is 0.329 e. The molecule has 0 aliphatic heterocycles. The second-order valence-corrected chi connectivity index (χ2v) is 8.27. The van der Waals surface area contributed by atoms with Crippen LogP contribution in [0.1, 0.15) is 21.5 Å².